The van der Waals surface area contributed by atoms with E-state index in [0.717, 1.165) is 26.2 Å². The maximum atomic E-state index is 12.1. The minimum Gasteiger partial charge on any atom is -0.387 e. The number of nitrogens with zero attached hydrogens (tertiary/aromatic N) is 2. The van der Waals surface area contributed by atoms with E-state index in [2.05, 4.69) is 21.0 Å². The second-order valence-corrected chi connectivity index (χ2v) is 7.36. The minimum absolute atomic E-state index is 0.302. The van der Waals surface area contributed by atoms with E-state index in [4.69, 9.17) is 15.9 Å². The van der Waals surface area contributed by atoms with Crippen molar-refractivity contribution < 1.29 is 24.2 Å². The van der Waals surface area contributed by atoms with Crippen LogP contribution in [0.25, 0.3) is 0 Å². The lowest BCUT2D eigenvalue weighted by atomic mass is 9.92. The molecule has 26 heavy (non-hydrogen) atoms. The zero-order valence-corrected chi connectivity index (χ0v) is 14.5. The molecule has 140 valence electrons. The molecule has 0 aromatic heterocycles. The highest BCUT2D eigenvalue weighted by Crippen LogP contribution is 2.43. The number of hydrogen-bond donors (Lipinski definition) is 2. The van der Waals surface area contributed by atoms with Crippen LogP contribution in [-0.4, -0.2) is 96.5 Å². The van der Waals surface area contributed by atoms with Crippen molar-refractivity contribution >= 4 is 11.8 Å². The summed E-state index contributed by atoms with van der Waals surface area (Å²) in [5.74, 6) is 1.18. The number of terminal acetylenes is 1. The van der Waals surface area contributed by atoms with Crippen LogP contribution in [0, 0.1) is 18.3 Å². The number of fused-ring (bicyclic) bond motifs is 2. The Balaban J connectivity index is 1.43. The Morgan fingerprint density at radius 2 is 2.00 bits per heavy atom. The highest BCUT2D eigenvalue weighted by molar-refractivity contribution is 6.05. The van der Waals surface area contributed by atoms with Gasteiger partial charge < -0.3 is 14.6 Å². The van der Waals surface area contributed by atoms with Gasteiger partial charge >= 0.3 is 0 Å². The standard InChI is InChI=1S/C18H23N3O5/c1-2-5-20-6-8-21(9-7-20)10-18-11-25-15(16(18)23)14(26-18)12-3-4-13(22)19-17(12)24/h1,3-4,12,14-16,23H,5-11H2,(H,19,22,24)/t12?,14-,15+,16?,18-/m0/s1. The quantitative estimate of drug-likeness (QED) is 0.441. The SMILES string of the molecule is C#CCN1CCN(C[C@]23CO[C@@H](C2O)[C@H](C2C=CC(=O)NC2=O)O3)CC1. The lowest BCUT2D eigenvalue weighted by Gasteiger charge is -2.40. The van der Waals surface area contributed by atoms with Crippen LogP contribution >= 0.6 is 0 Å². The van der Waals surface area contributed by atoms with Crippen LogP contribution in [0.3, 0.4) is 0 Å². The number of rotatable bonds is 4. The molecule has 2 bridgehead atoms. The molecule has 8 heteroatoms. The average Bonchev–Trinajstić information content (AvgIpc) is 3.06. The molecular formula is C18H23N3O5. The van der Waals surface area contributed by atoms with Gasteiger partial charge in [0.2, 0.25) is 11.8 Å². The molecular weight excluding hydrogens is 338 g/mol. The van der Waals surface area contributed by atoms with Crippen LogP contribution in [0.15, 0.2) is 12.2 Å². The summed E-state index contributed by atoms with van der Waals surface area (Å²) in [6.45, 7) is 4.92. The molecule has 0 radical (unpaired) electrons. The first-order chi connectivity index (χ1) is 12.5. The van der Waals surface area contributed by atoms with Crippen molar-refractivity contribution in [2.75, 3.05) is 45.9 Å². The van der Waals surface area contributed by atoms with Crippen molar-refractivity contribution in [2.24, 2.45) is 5.92 Å². The largest absolute Gasteiger partial charge is 0.387 e. The van der Waals surface area contributed by atoms with Crippen LogP contribution < -0.4 is 5.32 Å². The number of imide groups is 1. The third-order valence-electron chi connectivity index (χ3n) is 5.69. The van der Waals surface area contributed by atoms with E-state index in [0.29, 0.717) is 19.7 Å². The Labute approximate surface area is 152 Å². The number of piperazine rings is 1. The Morgan fingerprint density at radius 1 is 1.27 bits per heavy atom. The molecule has 2 N–H and O–H groups in total. The number of aliphatic hydroxyl groups excluding tert-OH is 1. The molecule has 0 saturated carbocycles. The van der Waals surface area contributed by atoms with Crippen LogP contribution in [0.5, 0.6) is 0 Å². The van der Waals surface area contributed by atoms with Crippen molar-refractivity contribution in [1.82, 2.24) is 15.1 Å². The van der Waals surface area contributed by atoms with E-state index in [1.807, 2.05) is 0 Å². The summed E-state index contributed by atoms with van der Waals surface area (Å²) in [7, 11) is 0. The van der Waals surface area contributed by atoms with E-state index in [9.17, 15) is 14.7 Å². The van der Waals surface area contributed by atoms with Gasteiger partial charge in [-0.05, 0) is 0 Å². The molecule has 4 aliphatic heterocycles. The predicted octanol–water partition coefficient (Wildman–Crippen LogP) is -2.04. The predicted molar refractivity (Wildman–Crippen MR) is 90.8 cm³/mol. The summed E-state index contributed by atoms with van der Waals surface area (Å²) in [6.07, 6.45) is 6.27. The van der Waals surface area contributed by atoms with E-state index < -0.39 is 41.6 Å². The fourth-order valence-corrected chi connectivity index (χ4v) is 4.28. The number of nitrogens with one attached hydrogen (secondary N) is 1. The number of amides is 2. The summed E-state index contributed by atoms with van der Waals surface area (Å²) in [6, 6.07) is 0. The molecule has 0 aromatic carbocycles. The van der Waals surface area contributed by atoms with Crippen molar-refractivity contribution in [3.8, 4) is 12.3 Å². The van der Waals surface area contributed by atoms with E-state index in [1.54, 1.807) is 0 Å². The third kappa shape index (κ3) is 2.96. The summed E-state index contributed by atoms with van der Waals surface area (Å²) < 4.78 is 12.0. The lowest BCUT2D eigenvalue weighted by Crippen LogP contribution is -2.56. The molecule has 4 aliphatic rings. The Kier molecular flexibility index (Phi) is 4.59. The highest BCUT2D eigenvalue weighted by Gasteiger charge is 2.63. The maximum Gasteiger partial charge on any atom is 0.250 e. The van der Waals surface area contributed by atoms with E-state index in [-0.39, 0.29) is 0 Å². The average molecular weight is 361 g/mol. The number of carbonyl (C=O) groups is 2. The summed E-state index contributed by atoms with van der Waals surface area (Å²) in [5.41, 5.74) is -0.834. The zero-order valence-electron chi connectivity index (χ0n) is 14.5. The fraction of sp³-hybridized carbons (Fsp3) is 0.667. The minimum atomic E-state index is -0.834. The van der Waals surface area contributed by atoms with Crippen LogP contribution in [0.2, 0.25) is 0 Å². The van der Waals surface area contributed by atoms with Gasteiger partial charge in [-0.1, -0.05) is 12.0 Å². The molecule has 3 fully saturated rings. The number of ether oxygens (including phenoxy) is 2. The zero-order chi connectivity index (χ0) is 18.3. The number of carbonyl (C=O) groups excluding carboxylic acids is 2. The highest BCUT2D eigenvalue weighted by atomic mass is 16.6. The number of aliphatic hydroxyl groups is 1. The first kappa shape index (κ1) is 17.6. The third-order valence-corrected chi connectivity index (χ3v) is 5.69. The summed E-state index contributed by atoms with van der Waals surface area (Å²) >= 11 is 0. The second-order valence-electron chi connectivity index (χ2n) is 7.36. The molecule has 2 unspecified atom stereocenters. The lowest BCUT2D eigenvalue weighted by molar-refractivity contribution is -0.171. The molecule has 2 amide bonds. The van der Waals surface area contributed by atoms with Gasteiger partial charge in [-0.15, -0.1) is 6.42 Å². The molecule has 8 nitrogen and oxygen atoms in total. The van der Waals surface area contributed by atoms with Crippen molar-refractivity contribution in [2.45, 2.75) is 23.9 Å². The summed E-state index contributed by atoms with van der Waals surface area (Å²) in [4.78, 5) is 27.9. The van der Waals surface area contributed by atoms with Gasteiger partial charge in [0.15, 0.2) is 0 Å². The van der Waals surface area contributed by atoms with Crippen molar-refractivity contribution in [3.63, 3.8) is 0 Å². The van der Waals surface area contributed by atoms with Gasteiger partial charge in [-0.25, -0.2) is 0 Å². The van der Waals surface area contributed by atoms with Gasteiger partial charge in [0.25, 0.3) is 0 Å². The van der Waals surface area contributed by atoms with E-state index >= 15 is 0 Å². The topological polar surface area (TPSA) is 91.3 Å². The Bertz CT molecular complexity index is 666. The van der Waals surface area contributed by atoms with Crippen molar-refractivity contribution in [1.29, 1.82) is 0 Å². The van der Waals surface area contributed by atoms with Gasteiger partial charge in [-0.3, -0.25) is 24.7 Å². The molecule has 0 aromatic rings. The van der Waals surface area contributed by atoms with Gasteiger partial charge in [0.05, 0.1) is 19.1 Å². The van der Waals surface area contributed by atoms with Crippen molar-refractivity contribution in [3.05, 3.63) is 12.2 Å². The van der Waals surface area contributed by atoms with E-state index in [1.165, 1.54) is 12.2 Å². The Hall–Kier alpha value is -1.76. The molecule has 3 saturated heterocycles. The van der Waals surface area contributed by atoms with Gasteiger partial charge in [0.1, 0.15) is 23.9 Å². The molecule has 0 aliphatic carbocycles. The van der Waals surface area contributed by atoms with Crippen LogP contribution in [0.1, 0.15) is 0 Å². The molecule has 5 atom stereocenters. The monoisotopic (exact) mass is 361 g/mol. The van der Waals surface area contributed by atoms with Gasteiger partial charge in [-0.2, -0.15) is 0 Å². The maximum absolute atomic E-state index is 12.1. The van der Waals surface area contributed by atoms with Crippen LogP contribution in [0.4, 0.5) is 0 Å². The molecule has 4 rings (SSSR count). The van der Waals surface area contributed by atoms with Gasteiger partial charge in [0, 0.05) is 38.8 Å². The van der Waals surface area contributed by atoms with Crippen LogP contribution in [-0.2, 0) is 19.1 Å². The first-order valence-corrected chi connectivity index (χ1v) is 8.91. The Morgan fingerprint density at radius 3 is 2.69 bits per heavy atom. The second kappa shape index (κ2) is 6.76. The smallest absolute Gasteiger partial charge is 0.250 e. The first-order valence-electron chi connectivity index (χ1n) is 8.91. The fourth-order valence-electron chi connectivity index (χ4n) is 4.28. The molecule has 0 spiro atoms. The normalized spacial score (nSPS) is 40.6. The molecule has 4 heterocycles. The number of hydrogen-bond acceptors (Lipinski definition) is 7. The summed E-state index contributed by atoms with van der Waals surface area (Å²) in [5, 5.41) is 13.0.